The standard InChI is InChI=1S/C37H68N4O8/c1-13-40-21-24(4)20-37(9,46-12)32(49-33-30(42)29(39(10)11)18-25(5)48-33)26(6)31(43)36(7,8)34(44)47-22-28(40)19-27-14-16-41(17-15-27)35(45)38-23(2)3/h23-30,32-33,42H,13-22H2,1-12H3,(H,38,45)/t24-,25-,26+,28-,29+,30-,32-,33+,37-/m1/s1. The van der Waals surface area contributed by atoms with E-state index in [9.17, 15) is 19.5 Å². The molecule has 49 heavy (non-hydrogen) atoms. The van der Waals surface area contributed by atoms with Crippen LogP contribution >= 0.6 is 0 Å². The number of hydrogen-bond donors (Lipinski definition) is 2. The molecule has 12 nitrogen and oxygen atoms in total. The Balaban J connectivity index is 1.90. The Morgan fingerprint density at radius 2 is 1.76 bits per heavy atom. The van der Waals surface area contributed by atoms with Crippen molar-refractivity contribution in [2.45, 2.75) is 143 Å². The molecule has 0 radical (unpaired) electrons. The van der Waals surface area contributed by atoms with Crippen LogP contribution < -0.4 is 5.32 Å². The molecular formula is C37H68N4O8. The van der Waals surface area contributed by atoms with Crippen LogP contribution in [0.1, 0.15) is 94.4 Å². The summed E-state index contributed by atoms with van der Waals surface area (Å²) in [6, 6.07) is -0.159. The molecule has 3 aliphatic heterocycles. The average Bonchev–Trinajstić information content (AvgIpc) is 3.04. The highest BCUT2D eigenvalue weighted by Gasteiger charge is 2.51. The van der Waals surface area contributed by atoms with Gasteiger partial charge in [0.15, 0.2) is 12.1 Å². The molecule has 9 atom stereocenters. The van der Waals surface area contributed by atoms with Gasteiger partial charge in [-0.05, 0) is 106 Å². The lowest BCUT2D eigenvalue weighted by atomic mass is 9.74. The van der Waals surface area contributed by atoms with E-state index < -0.39 is 41.4 Å². The summed E-state index contributed by atoms with van der Waals surface area (Å²) in [6.07, 6.45) is 0.898. The minimum absolute atomic E-state index is 0.0188. The Bertz CT molecular complexity index is 1100. The van der Waals surface area contributed by atoms with Gasteiger partial charge in [0.05, 0.1) is 17.8 Å². The number of ether oxygens (including phenoxy) is 4. The third-order valence-electron chi connectivity index (χ3n) is 11.2. The molecule has 0 unspecified atom stereocenters. The lowest BCUT2D eigenvalue weighted by Gasteiger charge is -2.47. The highest BCUT2D eigenvalue weighted by molar-refractivity contribution is 6.04. The maximum atomic E-state index is 14.3. The smallest absolute Gasteiger partial charge is 0.319 e. The minimum atomic E-state index is -1.45. The number of likely N-dealkylation sites (N-methyl/N-ethyl adjacent to an activating group) is 2. The van der Waals surface area contributed by atoms with Crippen LogP contribution in [0.25, 0.3) is 0 Å². The van der Waals surface area contributed by atoms with Crippen LogP contribution in [0.2, 0.25) is 0 Å². The number of hydrogen-bond acceptors (Lipinski definition) is 10. The zero-order valence-electron chi connectivity index (χ0n) is 32.5. The number of esters is 1. The minimum Gasteiger partial charge on any atom is -0.463 e. The summed E-state index contributed by atoms with van der Waals surface area (Å²) in [6.45, 7) is 20.2. The molecule has 3 aliphatic rings. The van der Waals surface area contributed by atoms with Gasteiger partial charge in [-0.1, -0.05) is 20.8 Å². The zero-order valence-corrected chi connectivity index (χ0v) is 32.5. The second-order valence-electron chi connectivity index (χ2n) is 16.3. The molecule has 0 aliphatic carbocycles. The summed E-state index contributed by atoms with van der Waals surface area (Å²) < 4.78 is 25.1. The molecule has 3 fully saturated rings. The van der Waals surface area contributed by atoms with Gasteiger partial charge in [-0.2, -0.15) is 0 Å². The zero-order chi connectivity index (χ0) is 36.8. The maximum absolute atomic E-state index is 14.3. The summed E-state index contributed by atoms with van der Waals surface area (Å²) in [5.74, 6) is -1.15. The van der Waals surface area contributed by atoms with E-state index in [1.807, 2.05) is 51.6 Å². The predicted molar refractivity (Wildman–Crippen MR) is 189 cm³/mol. The fraction of sp³-hybridized carbons (Fsp3) is 0.919. The molecule has 0 spiro atoms. The van der Waals surface area contributed by atoms with Crippen molar-refractivity contribution in [2.75, 3.05) is 54.0 Å². The molecule has 3 saturated heterocycles. The lowest BCUT2D eigenvalue weighted by Crippen LogP contribution is -2.59. The molecule has 3 heterocycles. The second kappa shape index (κ2) is 17.6. The number of carbonyl (C=O) groups excluding carboxylic acids is 3. The number of aliphatic hydroxyl groups excluding tert-OH is 1. The van der Waals surface area contributed by atoms with Gasteiger partial charge in [0.2, 0.25) is 0 Å². The summed E-state index contributed by atoms with van der Waals surface area (Å²) in [7, 11) is 5.48. The van der Waals surface area contributed by atoms with Crippen LogP contribution in [0.5, 0.6) is 0 Å². The van der Waals surface area contributed by atoms with E-state index in [0.717, 1.165) is 32.4 Å². The van der Waals surface area contributed by atoms with Gasteiger partial charge >= 0.3 is 12.0 Å². The van der Waals surface area contributed by atoms with Crippen molar-refractivity contribution in [3.8, 4) is 0 Å². The number of methoxy groups -OCH3 is 1. The van der Waals surface area contributed by atoms with E-state index in [4.69, 9.17) is 18.9 Å². The molecular weight excluding hydrogens is 628 g/mol. The number of nitrogens with one attached hydrogen (secondary N) is 1. The lowest BCUT2D eigenvalue weighted by molar-refractivity contribution is -0.295. The number of rotatable bonds is 8. The van der Waals surface area contributed by atoms with Crippen LogP contribution in [0.4, 0.5) is 4.79 Å². The largest absolute Gasteiger partial charge is 0.463 e. The molecule has 0 bridgehead atoms. The number of Topliss-reactive ketones (excluding diaryl/α,β-unsaturated/α-hetero) is 1. The van der Waals surface area contributed by atoms with Crippen LogP contribution in [0, 0.1) is 23.2 Å². The van der Waals surface area contributed by atoms with Crippen molar-refractivity contribution in [1.29, 1.82) is 0 Å². The highest BCUT2D eigenvalue weighted by Crippen LogP contribution is 2.38. The summed E-state index contributed by atoms with van der Waals surface area (Å²) in [4.78, 5) is 46.9. The van der Waals surface area contributed by atoms with Gasteiger partial charge < -0.3 is 39.2 Å². The SMILES string of the molecule is CCN1C[C@H](C)C[C@@](C)(OC)[C@H](O[C@@H]2O[C@H](C)C[C@H](N(C)C)[C@H]2O)[C@@H](C)C(=O)C(C)(C)C(=O)OC[C@H]1CC1CCN(C(=O)NC(C)C)CC1. The topological polar surface area (TPSA) is 130 Å². The Kier molecular flexibility index (Phi) is 14.9. The van der Waals surface area contributed by atoms with Crippen LogP contribution in [-0.4, -0.2) is 140 Å². The van der Waals surface area contributed by atoms with E-state index >= 15 is 0 Å². The molecule has 12 heteroatoms. The fourth-order valence-corrected chi connectivity index (χ4v) is 8.18. The van der Waals surface area contributed by atoms with E-state index in [0.29, 0.717) is 31.8 Å². The highest BCUT2D eigenvalue weighted by atomic mass is 16.7. The van der Waals surface area contributed by atoms with Gasteiger partial charge in [0.1, 0.15) is 18.1 Å². The number of cyclic esters (lactones) is 1. The summed E-state index contributed by atoms with van der Waals surface area (Å²) >= 11 is 0. The molecule has 0 aromatic carbocycles. The summed E-state index contributed by atoms with van der Waals surface area (Å²) in [5, 5.41) is 14.4. The first-order valence-corrected chi connectivity index (χ1v) is 18.6. The van der Waals surface area contributed by atoms with E-state index in [1.165, 1.54) is 0 Å². The number of ketones is 1. The number of urea groups is 1. The van der Waals surface area contributed by atoms with Crippen molar-refractivity contribution in [1.82, 2.24) is 20.0 Å². The monoisotopic (exact) mass is 697 g/mol. The quantitative estimate of drug-likeness (QED) is 0.285. The van der Waals surface area contributed by atoms with Crippen molar-refractivity contribution in [3.63, 3.8) is 0 Å². The van der Waals surface area contributed by atoms with E-state index in [-0.39, 0.29) is 48.6 Å². The maximum Gasteiger partial charge on any atom is 0.319 e. The second-order valence-corrected chi connectivity index (χ2v) is 16.3. The number of amides is 2. The first-order chi connectivity index (χ1) is 22.8. The number of likely N-dealkylation sites (tertiary alicyclic amines) is 1. The normalized spacial score (nSPS) is 36.2. The number of aliphatic hydroxyl groups is 1. The first-order valence-electron chi connectivity index (χ1n) is 18.6. The predicted octanol–water partition coefficient (Wildman–Crippen LogP) is 3.93. The van der Waals surface area contributed by atoms with Crippen LogP contribution in [0.3, 0.4) is 0 Å². The summed E-state index contributed by atoms with van der Waals surface area (Å²) in [5.41, 5.74) is -2.39. The van der Waals surface area contributed by atoms with Crippen LogP contribution in [-0.2, 0) is 28.5 Å². The Hall–Kier alpha value is -1.83. The van der Waals surface area contributed by atoms with Crippen molar-refractivity contribution >= 4 is 17.8 Å². The molecule has 2 N–H and O–H groups in total. The Morgan fingerprint density at radius 3 is 2.31 bits per heavy atom. The van der Waals surface area contributed by atoms with Gasteiger partial charge in [-0.3, -0.25) is 14.5 Å². The number of nitrogens with zero attached hydrogens (tertiary/aromatic N) is 3. The molecule has 0 aromatic rings. The van der Waals surface area contributed by atoms with E-state index in [1.54, 1.807) is 27.9 Å². The Morgan fingerprint density at radius 1 is 1.12 bits per heavy atom. The third kappa shape index (κ3) is 10.4. The first kappa shape index (κ1) is 41.6. The van der Waals surface area contributed by atoms with Gasteiger partial charge in [-0.25, -0.2) is 4.79 Å². The molecule has 284 valence electrons. The Labute approximate surface area is 295 Å². The van der Waals surface area contributed by atoms with Crippen molar-refractivity contribution < 1.29 is 38.4 Å². The molecule has 0 aromatic heterocycles. The third-order valence-corrected chi connectivity index (χ3v) is 11.2. The number of piperidine rings is 1. The van der Waals surface area contributed by atoms with Gasteiger partial charge in [0.25, 0.3) is 0 Å². The number of carbonyl (C=O) groups is 3. The van der Waals surface area contributed by atoms with Crippen molar-refractivity contribution in [3.05, 3.63) is 0 Å². The average molecular weight is 697 g/mol. The fourth-order valence-electron chi connectivity index (χ4n) is 8.18. The van der Waals surface area contributed by atoms with Crippen molar-refractivity contribution in [2.24, 2.45) is 23.2 Å². The van der Waals surface area contributed by atoms with Gasteiger partial charge in [-0.15, -0.1) is 0 Å². The van der Waals surface area contributed by atoms with E-state index in [2.05, 4.69) is 24.1 Å². The molecule has 2 amide bonds. The van der Waals surface area contributed by atoms with Crippen LogP contribution in [0.15, 0.2) is 0 Å². The molecule has 0 saturated carbocycles. The molecule has 3 rings (SSSR count). The van der Waals surface area contributed by atoms with Gasteiger partial charge in [0, 0.05) is 50.8 Å².